The van der Waals surface area contributed by atoms with Crippen LogP contribution in [-0.2, 0) is 22.6 Å². The molecule has 0 aliphatic carbocycles. The largest absolute Gasteiger partial charge is 0.481 e. The number of benzene rings is 2. The molecule has 29 heavy (non-hydrogen) atoms. The number of hydrogen-bond donors (Lipinski definition) is 2. The summed E-state index contributed by atoms with van der Waals surface area (Å²) >= 11 is 17.7. The van der Waals surface area contributed by atoms with Gasteiger partial charge in [-0.2, -0.15) is 0 Å². The summed E-state index contributed by atoms with van der Waals surface area (Å²) in [5.41, 5.74) is 1.50. The van der Waals surface area contributed by atoms with Gasteiger partial charge in [0, 0.05) is 23.0 Å². The van der Waals surface area contributed by atoms with Crippen LogP contribution in [0.1, 0.15) is 11.1 Å². The average molecular weight is 454 g/mol. The van der Waals surface area contributed by atoms with E-state index in [9.17, 15) is 9.59 Å². The van der Waals surface area contributed by atoms with Crippen LogP contribution in [-0.4, -0.2) is 30.3 Å². The molecule has 0 heterocycles. The van der Waals surface area contributed by atoms with Crippen LogP contribution < -0.4 is 15.4 Å². The zero-order valence-electron chi connectivity index (χ0n) is 15.4. The number of hydrogen-bond acceptors (Lipinski definition) is 3. The fourth-order valence-corrected chi connectivity index (χ4v) is 2.97. The van der Waals surface area contributed by atoms with Crippen molar-refractivity contribution in [3.8, 4) is 18.1 Å². The molecule has 2 aromatic rings. The van der Waals surface area contributed by atoms with Gasteiger partial charge in [0.25, 0.3) is 0 Å². The first kappa shape index (κ1) is 22.9. The Morgan fingerprint density at radius 1 is 1.14 bits per heavy atom. The predicted octanol–water partition coefficient (Wildman–Crippen LogP) is 3.59. The highest BCUT2D eigenvalue weighted by atomic mass is 35.5. The van der Waals surface area contributed by atoms with Gasteiger partial charge >= 0.3 is 0 Å². The number of rotatable bonds is 9. The first-order valence-electron chi connectivity index (χ1n) is 8.65. The maximum absolute atomic E-state index is 12.7. The molecular formula is C21H19Cl3N2O3. The monoisotopic (exact) mass is 452 g/mol. The smallest absolute Gasteiger partial charge is 0.243 e. The maximum atomic E-state index is 12.7. The Morgan fingerprint density at radius 3 is 2.52 bits per heavy atom. The highest BCUT2D eigenvalue weighted by Gasteiger charge is 2.21. The summed E-state index contributed by atoms with van der Waals surface area (Å²) in [6, 6.07) is 11.3. The number of alkyl halides is 1. The first-order valence-corrected chi connectivity index (χ1v) is 9.94. The summed E-state index contributed by atoms with van der Waals surface area (Å²) in [5.74, 6) is 1.95. The molecule has 0 saturated carbocycles. The van der Waals surface area contributed by atoms with E-state index in [1.807, 2.05) is 0 Å². The third-order valence-electron chi connectivity index (χ3n) is 3.92. The van der Waals surface area contributed by atoms with Gasteiger partial charge in [-0.3, -0.25) is 9.59 Å². The summed E-state index contributed by atoms with van der Waals surface area (Å²) in [5, 5.41) is 6.39. The van der Waals surface area contributed by atoms with Gasteiger partial charge in [0.1, 0.15) is 24.3 Å². The highest BCUT2D eigenvalue weighted by Crippen LogP contribution is 2.20. The zero-order chi connectivity index (χ0) is 21.2. The maximum Gasteiger partial charge on any atom is 0.243 e. The Balaban J connectivity index is 2.06. The molecule has 0 unspecified atom stereocenters. The van der Waals surface area contributed by atoms with Crippen molar-refractivity contribution in [3.05, 3.63) is 63.6 Å². The summed E-state index contributed by atoms with van der Waals surface area (Å²) in [6.45, 7) is 0.340. The number of terminal acetylenes is 1. The molecular weight excluding hydrogens is 435 g/mol. The molecule has 2 N–H and O–H groups in total. The molecule has 2 amide bonds. The molecule has 0 spiro atoms. The first-order chi connectivity index (χ1) is 13.9. The molecule has 0 aliphatic rings. The SMILES string of the molecule is C#CCOc1ccc(C[C@H](NC(=O)CCl)C(=O)NCc2cc(Cl)ccc2Cl)cc1. The van der Waals surface area contributed by atoms with E-state index < -0.39 is 11.9 Å². The van der Waals surface area contributed by atoms with Crippen LogP contribution in [0, 0.1) is 12.3 Å². The molecule has 152 valence electrons. The Labute approximate surface area is 184 Å². The van der Waals surface area contributed by atoms with Gasteiger partial charge in [0.15, 0.2) is 0 Å². The van der Waals surface area contributed by atoms with Gasteiger partial charge in [0.2, 0.25) is 11.8 Å². The summed E-state index contributed by atoms with van der Waals surface area (Å²) in [7, 11) is 0. The van der Waals surface area contributed by atoms with Crippen molar-refractivity contribution in [3.63, 3.8) is 0 Å². The molecule has 0 bridgehead atoms. The van der Waals surface area contributed by atoms with E-state index in [0.717, 1.165) is 5.56 Å². The molecule has 1 atom stereocenters. The fourth-order valence-electron chi connectivity index (χ4n) is 2.51. The van der Waals surface area contributed by atoms with Gasteiger partial charge in [-0.15, -0.1) is 18.0 Å². The number of carbonyl (C=O) groups excluding carboxylic acids is 2. The fraction of sp³-hybridized carbons (Fsp3) is 0.238. The van der Waals surface area contributed by atoms with Crippen molar-refractivity contribution in [2.45, 2.75) is 19.0 Å². The normalized spacial score (nSPS) is 11.2. The lowest BCUT2D eigenvalue weighted by atomic mass is 10.0. The predicted molar refractivity (Wildman–Crippen MR) is 115 cm³/mol. The highest BCUT2D eigenvalue weighted by molar-refractivity contribution is 6.33. The van der Waals surface area contributed by atoms with Crippen LogP contribution in [0.2, 0.25) is 10.0 Å². The van der Waals surface area contributed by atoms with Crippen molar-refractivity contribution in [1.82, 2.24) is 10.6 Å². The molecule has 2 rings (SSSR count). The van der Waals surface area contributed by atoms with Crippen LogP contribution in [0.15, 0.2) is 42.5 Å². The van der Waals surface area contributed by atoms with Gasteiger partial charge < -0.3 is 15.4 Å². The number of nitrogens with one attached hydrogen (secondary N) is 2. The van der Waals surface area contributed by atoms with Crippen molar-refractivity contribution >= 4 is 46.6 Å². The standard InChI is InChI=1S/C21H19Cl3N2O3/c1-2-9-29-17-6-3-14(4-7-17)10-19(26-20(27)12-22)21(28)25-13-15-11-16(23)5-8-18(15)24/h1,3-8,11,19H,9-10,12-13H2,(H,25,28)(H,26,27)/t19-/m0/s1. The van der Waals surface area contributed by atoms with E-state index in [0.29, 0.717) is 21.4 Å². The van der Waals surface area contributed by atoms with Crippen LogP contribution in [0.25, 0.3) is 0 Å². The van der Waals surface area contributed by atoms with E-state index in [4.69, 9.17) is 46.0 Å². The van der Waals surface area contributed by atoms with E-state index in [1.54, 1.807) is 42.5 Å². The average Bonchev–Trinajstić information content (AvgIpc) is 2.73. The quantitative estimate of drug-likeness (QED) is 0.450. The molecule has 0 saturated heterocycles. The van der Waals surface area contributed by atoms with Crippen molar-refractivity contribution in [2.24, 2.45) is 0 Å². The van der Waals surface area contributed by atoms with E-state index >= 15 is 0 Å². The second-order valence-corrected chi connectivity index (χ2v) is 7.16. The molecule has 2 aromatic carbocycles. The molecule has 8 heteroatoms. The minimum Gasteiger partial charge on any atom is -0.481 e. The number of ether oxygens (including phenoxy) is 1. The number of amides is 2. The van der Waals surface area contributed by atoms with Gasteiger partial charge in [-0.1, -0.05) is 41.3 Å². The molecule has 0 aliphatic heterocycles. The van der Waals surface area contributed by atoms with E-state index in [2.05, 4.69) is 16.6 Å². The topological polar surface area (TPSA) is 67.4 Å². The lowest BCUT2D eigenvalue weighted by molar-refractivity contribution is -0.128. The summed E-state index contributed by atoms with van der Waals surface area (Å²) in [4.78, 5) is 24.4. The summed E-state index contributed by atoms with van der Waals surface area (Å²) < 4.78 is 5.33. The Morgan fingerprint density at radius 2 is 1.86 bits per heavy atom. The van der Waals surface area contributed by atoms with E-state index in [1.165, 1.54) is 0 Å². The van der Waals surface area contributed by atoms with Gasteiger partial charge in [-0.25, -0.2) is 0 Å². The lowest BCUT2D eigenvalue weighted by Gasteiger charge is -2.19. The lowest BCUT2D eigenvalue weighted by Crippen LogP contribution is -2.48. The Hall–Kier alpha value is -2.39. The van der Waals surface area contributed by atoms with Crippen LogP contribution >= 0.6 is 34.8 Å². The van der Waals surface area contributed by atoms with Crippen LogP contribution in [0.5, 0.6) is 5.75 Å². The summed E-state index contributed by atoms with van der Waals surface area (Å²) in [6.07, 6.45) is 5.44. The second-order valence-electron chi connectivity index (χ2n) is 6.05. The second kappa shape index (κ2) is 11.6. The number of halogens is 3. The minimum absolute atomic E-state index is 0.169. The van der Waals surface area contributed by atoms with E-state index in [-0.39, 0.29) is 31.4 Å². The molecule has 0 aromatic heterocycles. The molecule has 0 fully saturated rings. The zero-order valence-corrected chi connectivity index (χ0v) is 17.7. The van der Waals surface area contributed by atoms with Gasteiger partial charge in [-0.05, 0) is 41.5 Å². The van der Waals surface area contributed by atoms with Crippen LogP contribution in [0.4, 0.5) is 0 Å². The Kier molecular flexibility index (Phi) is 9.14. The van der Waals surface area contributed by atoms with Crippen molar-refractivity contribution in [2.75, 3.05) is 12.5 Å². The van der Waals surface area contributed by atoms with Crippen LogP contribution in [0.3, 0.4) is 0 Å². The third kappa shape index (κ3) is 7.51. The minimum atomic E-state index is -0.809. The van der Waals surface area contributed by atoms with Crippen molar-refractivity contribution < 1.29 is 14.3 Å². The molecule has 0 radical (unpaired) electrons. The van der Waals surface area contributed by atoms with Crippen molar-refractivity contribution in [1.29, 1.82) is 0 Å². The molecule has 5 nitrogen and oxygen atoms in total. The Bertz CT molecular complexity index is 895. The van der Waals surface area contributed by atoms with Gasteiger partial charge in [0.05, 0.1) is 0 Å². The third-order valence-corrected chi connectivity index (χ3v) is 4.77. The number of carbonyl (C=O) groups is 2.